The first-order valence-corrected chi connectivity index (χ1v) is 31.7. The zero-order valence-corrected chi connectivity index (χ0v) is 47.7. The predicted molar refractivity (Wildman–Crippen MR) is 301 cm³/mol. The quantitative estimate of drug-likeness (QED) is 0.118. The van der Waals surface area contributed by atoms with E-state index in [9.17, 15) is 33.7 Å². The Morgan fingerprint density at radius 1 is 0.308 bits per heavy atom. The molecule has 2 aliphatic rings. The average molecular weight is 1130 g/mol. The van der Waals surface area contributed by atoms with Gasteiger partial charge in [0.1, 0.15) is 0 Å². The molecule has 4 bridgehead atoms. The third-order valence-electron chi connectivity index (χ3n) is 14.2. The molecule has 0 fully saturated rings. The first kappa shape index (κ1) is 56.7. The van der Waals surface area contributed by atoms with Crippen LogP contribution in [0.4, 0.5) is 0 Å². The van der Waals surface area contributed by atoms with Crippen LogP contribution >= 0.6 is 0 Å². The predicted octanol–water partition coefficient (Wildman–Crippen LogP) is 7.51. The molecule has 20 heteroatoms. The highest BCUT2D eigenvalue weighted by atomic mass is 32.2. The molecular weight excluding hydrogens is 1060 g/mol. The van der Waals surface area contributed by atoms with Crippen LogP contribution in [0.15, 0.2) is 177 Å². The molecular formula is C58H66N8O8S4. The van der Waals surface area contributed by atoms with Crippen LogP contribution < -0.4 is 0 Å². The van der Waals surface area contributed by atoms with Gasteiger partial charge >= 0.3 is 0 Å². The molecule has 9 rings (SSSR count). The number of hydrogen-bond acceptors (Lipinski definition) is 12. The van der Waals surface area contributed by atoms with Crippen LogP contribution in [-0.4, -0.2) is 123 Å². The van der Waals surface area contributed by atoms with Crippen LogP contribution in [0.5, 0.6) is 0 Å². The van der Waals surface area contributed by atoms with Crippen LogP contribution in [0.1, 0.15) is 56.2 Å². The summed E-state index contributed by atoms with van der Waals surface area (Å²) in [6.45, 7) is 9.64. The van der Waals surface area contributed by atoms with Gasteiger partial charge in [0.25, 0.3) is 0 Å². The van der Waals surface area contributed by atoms with E-state index in [1.165, 1.54) is 17.2 Å². The molecule has 0 saturated heterocycles. The largest absolute Gasteiger partial charge is 0.296 e. The van der Waals surface area contributed by atoms with Crippen LogP contribution in [0.2, 0.25) is 0 Å². The highest BCUT2D eigenvalue weighted by molar-refractivity contribution is 7.90. The van der Waals surface area contributed by atoms with Crippen molar-refractivity contribution in [2.75, 3.05) is 52.4 Å². The summed E-state index contributed by atoms with van der Waals surface area (Å²) in [6.07, 6.45) is 0. The maximum absolute atomic E-state index is 14.4. The van der Waals surface area contributed by atoms with Gasteiger partial charge in [0, 0.05) is 65.4 Å². The summed E-state index contributed by atoms with van der Waals surface area (Å²) in [5.41, 5.74) is 7.46. The smallest absolute Gasteiger partial charge is 0.243 e. The Bertz CT molecular complexity index is 3210. The minimum absolute atomic E-state index is 0.0251. The fraction of sp³-hybridized carbons (Fsp3) is 0.310. The van der Waals surface area contributed by atoms with Gasteiger partial charge in [-0.2, -0.15) is 17.2 Å². The molecule has 4 heterocycles. The molecule has 7 aromatic rings. The van der Waals surface area contributed by atoms with Gasteiger partial charge in [0.05, 0.1) is 68.5 Å². The van der Waals surface area contributed by atoms with E-state index in [-0.39, 0.29) is 98.1 Å². The Morgan fingerprint density at radius 3 is 0.744 bits per heavy atom. The van der Waals surface area contributed by atoms with E-state index in [0.717, 1.165) is 33.4 Å². The van der Waals surface area contributed by atoms with Crippen LogP contribution in [0.25, 0.3) is 0 Å². The Morgan fingerprint density at radius 2 is 0.526 bits per heavy atom. The lowest BCUT2D eigenvalue weighted by Gasteiger charge is -2.31. The Labute approximate surface area is 460 Å². The van der Waals surface area contributed by atoms with Crippen molar-refractivity contribution in [2.45, 2.75) is 86.5 Å². The number of sulfonamides is 4. The first-order chi connectivity index (χ1) is 37.2. The first-order valence-electron chi connectivity index (χ1n) is 25.9. The van der Waals surface area contributed by atoms with Gasteiger partial charge in [-0.05, 0) is 112 Å². The second-order valence-electron chi connectivity index (χ2n) is 20.2. The van der Waals surface area contributed by atoms with E-state index >= 15 is 0 Å². The summed E-state index contributed by atoms with van der Waals surface area (Å²) in [7, 11) is -16.0. The van der Waals surface area contributed by atoms with Crippen molar-refractivity contribution < 1.29 is 33.7 Å². The number of nitrogens with zero attached hydrogens (tertiary/aromatic N) is 8. The van der Waals surface area contributed by atoms with Crippen molar-refractivity contribution in [1.29, 1.82) is 0 Å². The second kappa shape index (κ2) is 24.1. The van der Waals surface area contributed by atoms with Gasteiger partial charge in [0.15, 0.2) is 0 Å². The maximum atomic E-state index is 14.4. The molecule has 0 atom stereocenters. The lowest BCUT2D eigenvalue weighted by atomic mass is 10.1. The van der Waals surface area contributed by atoms with Crippen LogP contribution in [-0.2, 0) is 79.4 Å². The number of pyridine rings is 2. The zero-order valence-electron chi connectivity index (χ0n) is 44.4. The molecule has 5 aromatic carbocycles. The monoisotopic (exact) mass is 1130 g/mol. The van der Waals surface area contributed by atoms with E-state index < -0.39 is 40.1 Å². The Hall–Kier alpha value is -6.04. The molecule has 0 radical (unpaired) electrons. The highest BCUT2D eigenvalue weighted by Crippen LogP contribution is 2.26. The highest BCUT2D eigenvalue weighted by Gasteiger charge is 2.32. The minimum atomic E-state index is -3.99. The maximum Gasteiger partial charge on any atom is 0.243 e. The van der Waals surface area contributed by atoms with Crippen LogP contribution in [0, 0.1) is 27.7 Å². The average Bonchev–Trinajstić information content (AvgIpc) is 3.47. The molecule has 0 unspecified atom stereocenters. The van der Waals surface area contributed by atoms with Crippen molar-refractivity contribution in [3.8, 4) is 0 Å². The van der Waals surface area contributed by atoms with E-state index in [1.54, 1.807) is 133 Å². The topological polar surface area (TPSA) is 182 Å². The molecule has 0 spiro atoms. The lowest BCUT2D eigenvalue weighted by molar-refractivity contribution is 0.217. The number of benzene rings is 5. The van der Waals surface area contributed by atoms with Crippen molar-refractivity contribution in [2.24, 2.45) is 0 Å². The summed E-state index contributed by atoms with van der Waals surface area (Å²) >= 11 is 0. The van der Waals surface area contributed by atoms with E-state index in [4.69, 9.17) is 9.97 Å². The molecule has 0 saturated carbocycles. The van der Waals surface area contributed by atoms with Crippen LogP contribution in [0.3, 0.4) is 0 Å². The number of aryl methyl sites for hydroxylation is 4. The van der Waals surface area contributed by atoms with Crippen molar-refractivity contribution in [1.82, 2.24) is 37.0 Å². The molecule has 0 aliphatic carbocycles. The third kappa shape index (κ3) is 13.7. The van der Waals surface area contributed by atoms with Gasteiger partial charge < -0.3 is 0 Å². The minimum Gasteiger partial charge on any atom is -0.296 e. The summed E-state index contributed by atoms with van der Waals surface area (Å²) in [4.78, 5) is 14.4. The molecule has 2 aliphatic heterocycles. The van der Waals surface area contributed by atoms with Crippen molar-refractivity contribution in [3.05, 3.63) is 214 Å². The summed E-state index contributed by atoms with van der Waals surface area (Å²) in [5, 5.41) is 0. The molecule has 0 amide bonds. The number of rotatable bonds is 12. The summed E-state index contributed by atoms with van der Waals surface area (Å²) < 4.78 is 121. The molecule has 16 nitrogen and oxygen atoms in total. The van der Waals surface area contributed by atoms with Gasteiger partial charge in [-0.3, -0.25) is 19.8 Å². The third-order valence-corrected chi connectivity index (χ3v) is 21.7. The summed E-state index contributed by atoms with van der Waals surface area (Å²) in [5.74, 6) is 0. The number of fused-ring (bicyclic) bond motifs is 4. The Kier molecular flexibility index (Phi) is 17.5. The van der Waals surface area contributed by atoms with Gasteiger partial charge in [-0.25, -0.2) is 33.7 Å². The van der Waals surface area contributed by atoms with E-state index in [1.807, 2.05) is 52.0 Å². The number of aromatic nitrogens is 2. The second-order valence-corrected chi connectivity index (χ2v) is 28.0. The fourth-order valence-corrected chi connectivity index (χ4v) is 15.1. The van der Waals surface area contributed by atoms with Gasteiger partial charge in [0.2, 0.25) is 40.1 Å². The fourth-order valence-electron chi connectivity index (χ4n) is 9.53. The van der Waals surface area contributed by atoms with Crippen molar-refractivity contribution in [3.63, 3.8) is 0 Å². The standard InChI is InChI=1S/C58H66N8O8S4/c1-45-11-23-55(24-12-45)75(67,68)63-35-31-61(32-36-64(42-52-8-5-7-51(41-63)59-52)76(69,70)56-25-13-46(2)14-26-56)39-49-19-21-50(22-20-49)40-62-33-37-65(77(71,72)57-27-15-47(3)16-28-57)43-53-9-6-10-54(60-53)44-66(38-34-62)78(73,74)58-29-17-48(4)18-30-58/h5-30H,31-44H2,1-4H3. The lowest BCUT2D eigenvalue weighted by Crippen LogP contribution is -2.43. The summed E-state index contributed by atoms with van der Waals surface area (Å²) in [6, 6.07) is 45.6. The van der Waals surface area contributed by atoms with Gasteiger partial charge in [-0.1, -0.05) is 107 Å². The van der Waals surface area contributed by atoms with E-state index in [2.05, 4.69) is 9.80 Å². The number of hydrogen-bond donors (Lipinski definition) is 0. The Balaban J connectivity index is 1.00. The molecule has 78 heavy (non-hydrogen) atoms. The zero-order chi connectivity index (χ0) is 55.2. The normalized spacial score (nSPS) is 17.1. The van der Waals surface area contributed by atoms with E-state index in [0.29, 0.717) is 35.9 Å². The molecule has 0 N–H and O–H groups in total. The van der Waals surface area contributed by atoms with Gasteiger partial charge in [-0.15, -0.1) is 0 Å². The molecule has 410 valence electrons. The SMILES string of the molecule is Cc1ccc(S(=O)(=O)N2CCN(Cc3ccc(CN4CCN(S(=O)(=O)c5ccc(C)cc5)Cc5cccc(n5)CN(S(=O)(=O)c5ccc(C)cc5)CC4)cc3)CCN(S(=O)(=O)c3ccc(C)cc3)Cc3cccc(n3)C2)cc1. The molecule has 2 aromatic heterocycles. The van der Waals surface area contributed by atoms with Crippen molar-refractivity contribution >= 4 is 40.1 Å².